The van der Waals surface area contributed by atoms with Gasteiger partial charge in [0.25, 0.3) is 0 Å². The van der Waals surface area contributed by atoms with Crippen LogP contribution in [-0.4, -0.2) is 34.6 Å². The lowest BCUT2D eigenvalue weighted by atomic mass is 10.3. The number of hydrogen-bond donors (Lipinski definition) is 2. The van der Waals surface area contributed by atoms with E-state index in [1.165, 1.54) is 6.33 Å². The summed E-state index contributed by atoms with van der Waals surface area (Å²) in [7, 11) is 1.56. The topological polar surface area (TPSA) is 111 Å². The van der Waals surface area contributed by atoms with Crippen LogP contribution in [0.4, 0.5) is 23.0 Å². The van der Waals surface area contributed by atoms with E-state index in [0.717, 1.165) is 5.75 Å². The van der Waals surface area contributed by atoms with E-state index >= 15 is 0 Å². The van der Waals surface area contributed by atoms with Gasteiger partial charge in [0.2, 0.25) is 11.6 Å². The molecule has 9 nitrogen and oxygen atoms in total. The standard InChI is InChI=1S/C20H21N5O4/c1-14(12-28-2)23-19-18(25(26)27)20(22-13-21-19)24-15-8-10-17(11-9-15)29-16-6-4-3-5-7-16/h3-11,13-14H,12H2,1-2H3,(H2,21,22,23,24). The Kier molecular flexibility index (Phi) is 6.54. The molecule has 0 fully saturated rings. The molecule has 3 rings (SSSR count). The van der Waals surface area contributed by atoms with Gasteiger partial charge in [-0.2, -0.15) is 0 Å². The lowest BCUT2D eigenvalue weighted by Gasteiger charge is -2.14. The van der Waals surface area contributed by atoms with Crippen molar-refractivity contribution in [1.29, 1.82) is 0 Å². The molecule has 3 aromatic rings. The molecule has 0 aliphatic rings. The average Bonchev–Trinajstić information content (AvgIpc) is 2.70. The highest BCUT2D eigenvalue weighted by Crippen LogP contribution is 2.32. The third-order valence-electron chi connectivity index (χ3n) is 3.90. The molecule has 1 aromatic heterocycles. The molecular formula is C20H21N5O4. The van der Waals surface area contributed by atoms with Gasteiger partial charge < -0.3 is 20.1 Å². The van der Waals surface area contributed by atoms with Crippen LogP contribution in [0.15, 0.2) is 60.9 Å². The van der Waals surface area contributed by atoms with E-state index < -0.39 is 4.92 Å². The normalized spacial score (nSPS) is 11.5. The number of para-hydroxylation sites is 1. The van der Waals surface area contributed by atoms with Crippen molar-refractivity contribution in [2.45, 2.75) is 13.0 Å². The van der Waals surface area contributed by atoms with Gasteiger partial charge in [0, 0.05) is 18.8 Å². The Labute approximate surface area is 167 Å². The number of benzene rings is 2. The minimum Gasteiger partial charge on any atom is -0.457 e. The first kappa shape index (κ1) is 20.0. The third-order valence-corrected chi connectivity index (χ3v) is 3.90. The summed E-state index contributed by atoms with van der Waals surface area (Å²) in [5.74, 6) is 1.59. The van der Waals surface area contributed by atoms with Crippen molar-refractivity contribution < 1.29 is 14.4 Å². The van der Waals surface area contributed by atoms with Crippen molar-refractivity contribution in [2.75, 3.05) is 24.4 Å². The first-order valence-electron chi connectivity index (χ1n) is 8.91. The van der Waals surface area contributed by atoms with E-state index in [-0.39, 0.29) is 23.4 Å². The van der Waals surface area contributed by atoms with Gasteiger partial charge in [-0.15, -0.1) is 0 Å². The van der Waals surface area contributed by atoms with Crippen molar-refractivity contribution in [3.8, 4) is 11.5 Å². The second-order valence-corrected chi connectivity index (χ2v) is 6.24. The van der Waals surface area contributed by atoms with Crippen LogP contribution >= 0.6 is 0 Å². The number of hydrogen-bond acceptors (Lipinski definition) is 8. The highest BCUT2D eigenvalue weighted by molar-refractivity contribution is 5.74. The van der Waals surface area contributed by atoms with Gasteiger partial charge >= 0.3 is 5.69 Å². The molecule has 0 saturated carbocycles. The summed E-state index contributed by atoms with van der Waals surface area (Å²) in [4.78, 5) is 19.1. The summed E-state index contributed by atoms with van der Waals surface area (Å²) in [5, 5.41) is 17.6. The average molecular weight is 395 g/mol. The zero-order valence-corrected chi connectivity index (χ0v) is 16.0. The Morgan fingerprint density at radius 1 is 1.03 bits per heavy atom. The quantitative estimate of drug-likeness (QED) is 0.406. The number of nitrogens with zero attached hydrogens (tertiary/aromatic N) is 3. The minimum absolute atomic E-state index is 0.0915. The molecule has 2 N–H and O–H groups in total. The molecule has 0 spiro atoms. The van der Waals surface area contributed by atoms with E-state index in [1.54, 1.807) is 31.4 Å². The van der Waals surface area contributed by atoms with Crippen LogP contribution in [0.25, 0.3) is 0 Å². The van der Waals surface area contributed by atoms with Crippen molar-refractivity contribution in [2.24, 2.45) is 0 Å². The maximum absolute atomic E-state index is 11.6. The smallest absolute Gasteiger partial charge is 0.353 e. The van der Waals surface area contributed by atoms with Crippen LogP contribution in [0, 0.1) is 10.1 Å². The lowest BCUT2D eigenvalue weighted by molar-refractivity contribution is -0.383. The summed E-state index contributed by atoms with van der Waals surface area (Å²) in [6, 6.07) is 16.3. The molecule has 1 atom stereocenters. The van der Waals surface area contributed by atoms with Gasteiger partial charge in [0.15, 0.2) is 0 Å². The number of rotatable bonds is 9. The van der Waals surface area contributed by atoms with Crippen molar-refractivity contribution in [3.63, 3.8) is 0 Å². The van der Waals surface area contributed by atoms with E-state index in [1.807, 2.05) is 37.3 Å². The van der Waals surface area contributed by atoms with Gasteiger partial charge in [-0.3, -0.25) is 10.1 Å². The zero-order chi connectivity index (χ0) is 20.6. The molecule has 0 aliphatic carbocycles. The molecule has 0 bridgehead atoms. The molecule has 2 aromatic carbocycles. The first-order chi connectivity index (χ1) is 14.1. The number of ether oxygens (including phenoxy) is 2. The monoisotopic (exact) mass is 395 g/mol. The second kappa shape index (κ2) is 9.47. The van der Waals surface area contributed by atoms with Crippen LogP contribution < -0.4 is 15.4 Å². The second-order valence-electron chi connectivity index (χ2n) is 6.24. The number of nitrogens with one attached hydrogen (secondary N) is 2. The Morgan fingerprint density at radius 2 is 1.69 bits per heavy atom. The van der Waals surface area contributed by atoms with E-state index in [4.69, 9.17) is 9.47 Å². The van der Waals surface area contributed by atoms with Gasteiger partial charge in [-0.1, -0.05) is 18.2 Å². The highest BCUT2D eigenvalue weighted by atomic mass is 16.6. The SMILES string of the molecule is COCC(C)Nc1ncnc(Nc2ccc(Oc3ccccc3)cc2)c1[N+](=O)[O-]. The molecular weight excluding hydrogens is 374 g/mol. The van der Waals surface area contributed by atoms with E-state index in [0.29, 0.717) is 18.0 Å². The van der Waals surface area contributed by atoms with Crippen LogP contribution in [0.3, 0.4) is 0 Å². The van der Waals surface area contributed by atoms with Gasteiger partial charge in [-0.25, -0.2) is 9.97 Å². The first-order valence-corrected chi connectivity index (χ1v) is 8.91. The summed E-state index contributed by atoms with van der Waals surface area (Å²) < 4.78 is 10.8. The highest BCUT2D eigenvalue weighted by Gasteiger charge is 2.24. The molecule has 0 radical (unpaired) electrons. The summed E-state index contributed by atoms with van der Waals surface area (Å²) in [5.41, 5.74) is 0.392. The predicted molar refractivity (Wildman–Crippen MR) is 110 cm³/mol. The van der Waals surface area contributed by atoms with Crippen molar-refractivity contribution >= 4 is 23.0 Å². The van der Waals surface area contributed by atoms with Crippen LogP contribution in [0.1, 0.15) is 6.92 Å². The molecule has 1 heterocycles. The number of aromatic nitrogens is 2. The Hall–Kier alpha value is -3.72. The largest absolute Gasteiger partial charge is 0.457 e. The van der Waals surface area contributed by atoms with Crippen molar-refractivity contribution in [3.05, 3.63) is 71.0 Å². The predicted octanol–water partition coefficient (Wildman–Crippen LogP) is 4.37. The zero-order valence-electron chi connectivity index (χ0n) is 16.0. The summed E-state index contributed by atoms with van der Waals surface area (Å²) in [6.45, 7) is 2.22. The fourth-order valence-electron chi connectivity index (χ4n) is 2.64. The molecule has 9 heteroatoms. The minimum atomic E-state index is -0.517. The maximum atomic E-state index is 11.6. The lowest BCUT2D eigenvalue weighted by Crippen LogP contribution is -2.22. The Bertz CT molecular complexity index is 951. The molecule has 29 heavy (non-hydrogen) atoms. The van der Waals surface area contributed by atoms with Gasteiger partial charge in [-0.05, 0) is 43.3 Å². The van der Waals surface area contributed by atoms with E-state index in [2.05, 4.69) is 20.6 Å². The molecule has 0 amide bonds. The fraction of sp³-hybridized carbons (Fsp3) is 0.200. The fourth-order valence-corrected chi connectivity index (χ4v) is 2.64. The maximum Gasteiger partial charge on any atom is 0.353 e. The van der Waals surface area contributed by atoms with Gasteiger partial charge in [0.05, 0.1) is 11.5 Å². The summed E-state index contributed by atoms with van der Waals surface area (Å²) >= 11 is 0. The number of methoxy groups -OCH3 is 1. The Morgan fingerprint density at radius 3 is 2.34 bits per heavy atom. The molecule has 0 saturated heterocycles. The van der Waals surface area contributed by atoms with E-state index in [9.17, 15) is 10.1 Å². The van der Waals surface area contributed by atoms with Crippen LogP contribution in [0.5, 0.6) is 11.5 Å². The Balaban J connectivity index is 1.77. The molecule has 0 aliphatic heterocycles. The van der Waals surface area contributed by atoms with Crippen LogP contribution in [0.2, 0.25) is 0 Å². The number of anilines is 3. The summed E-state index contributed by atoms with van der Waals surface area (Å²) in [6.07, 6.45) is 1.27. The van der Waals surface area contributed by atoms with Gasteiger partial charge in [0.1, 0.15) is 17.8 Å². The number of nitro groups is 1. The third kappa shape index (κ3) is 5.39. The molecule has 150 valence electrons. The van der Waals surface area contributed by atoms with Crippen LogP contribution in [-0.2, 0) is 4.74 Å². The molecule has 1 unspecified atom stereocenters. The van der Waals surface area contributed by atoms with Crippen molar-refractivity contribution in [1.82, 2.24) is 9.97 Å².